The van der Waals surface area contributed by atoms with Gasteiger partial charge in [0, 0.05) is 12.3 Å². The maximum atomic E-state index is 12.3. The molecule has 1 aliphatic rings. The van der Waals surface area contributed by atoms with Gasteiger partial charge in [0.2, 0.25) is 0 Å². The van der Waals surface area contributed by atoms with Gasteiger partial charge < -0.3 is 4.57 Å². The van der Waals surface area contributed by atoms with Crippen molar-refractivity contribution in [1.82, 2.24) is 0 Å². The fraction of sp³-hybridized carbons (Fsp3) is 1.00. The monoisotopic (exact) mass is 328 g/mol. The molecule has 0 saturated carbocycles. The van der Waals surface area contributed by atoms with E-state index in [9.17, 15) is 4.57 Å². The molecule has 0 unspecified atom stereocenters. The van der Waals surface area contributed by atoms with Gasteiger partial charge in [0.05, 0.1) is 7.14 Å². The average Bonchev–Trinajstić information content (AvgIpc) is 2.48. The molecule has 1 fully saturated rings. The summed E-state index contributed by atoms with van der Waals surface area (Å²) in [6.07, 6.45) is 18.3. The highest BCUT2D eigenvalue weighted by Gasteiger charge is 2.37. The van der Waals surface area contributed by atoms with Crippen LogP contribution in [-0.2, 0) is 4.57 Å². The summed E-state index contributed by atoms with van der Waals surface area (Å²) in [5, 5.41) is 0. The molecule has 132 valence electrons. The third kappa shape index (κ3) is 7.20. The van der Waals surface area contributed by atoms with Crippen LogP contribution in [-0.4, -0.2) is 19.0 Å². The molecule has 0 aromatic heterocycles. The van der Waals surface area contributed by atoms with E-state index in [2.05, 4.69) is 20.8 Å². The first-order chi connectivity index (χ1) is 10.4. The van der Waals surface area contributed by atoms with Crippen molar-refractivity contribution in [3.63, 3.8) is 0 Å². The largest absolute Gasteiger partial charge is 0.324 e. The van der Waals surface area contributed by atoms with Crippen molar-refractivity contribution in [2.24, 2.45) is 11.3 Å². The summed E-state index contributed by atoms with van der Waals surface area (Å²) in [7, 11) is -1.77. The van der Waals surface area contributed by atoms with E-state index in [0.29, 0.717) is 5.41 Å². The molecule has 2 heteroatoms. The van der Waals surface area contributed by atoms with E-state index in [4.69, 9.17) is 0 Å². The van der Waals surface area contributed by atoms with Crippen LogP contribution in [0.1, 0.15) is 97.8 Å². The van der Waals surface area contributed by atoms with Gasteiger partial charge in [0.1, 0.15) is 0 Å². The molecule has 0 radical (unpaired) electrons. The van der Waals surface area contributed by atoms with Crippen LogP contribution in [0.5, 0.6) is 0 Å². The van der Waals surface area contributed by atoms with Crippen LogP contribution in [0.25, 0.3) is 0 Å². The highest BCUT2D eigenvalue weighted by Crippen LogP contribution is 2.53. The highest BCUT2D eigenvalue weighted by atomic mass is 31.2. The molecule has 0 amide bonds. The molecular weight excluding hydrogens is 287 g/mol. The number of rotatable bonds is 11. The lowest BCUT2D eigenvalue weighted by Crippen LogP contribution is -2.31. The molecule has 22 heavy (non-hydrogen) atoms. The topological polar surface area (TPSA) is 17.1 Å². The standard InChI is InChI=1S/C20H41OP/c1-5-7-9-11-15-20(3,16-12-10-8-6-2)19-13-17-22(4,21)18-14-19/h19H,5-18H2,1-4H3. The molecule has 0 atom stereocenters. The third-order valence-corrected chi connectivity index (χ3v) is 8.50. The minimum atomic E-state index is -1.77. The Hall–Kier alpha value is 0.230. The van der Waals surface area contributed by atoms with Crippen molar-refractivity contribution in [3.8, 4) is 0 Å². The molecule has 1 nitrogen and oxygen atoms in total. The van der Waals surface area contributed by atoms with Crippen molar-refractivity contribution in [3.05, 3.63) is 0 Å². The zero-order valence-electron chi connectivity index (χ0n) is 15.8. The van der Waals surface area contributed by atoms with Gasteiger partial charge in [-0.15, -0.1) is 0 Å². The predicted octanol–water partition coefficient (Wildman–Crippen LogP) is 7.34. The van der Waals surface area contributed by atoms with Crippen molar-refractivity contribution in [1.29, 1.82) is 0 Å². The Labute approximate surface area is 140 Å². The molecule has 0 aromatic carbocycles. The lowest BCUT2D eigenvalue weighted by atomic mass is 9.68. The van der Waals surface area contributed by atoms with Crippen LogP contribution < -0.4 is 0 Å². The molecule has 1 aliphatic heterocycles. The first-order valence-electron chi connectivity index (χ1n) is 9.99. The number of unbranched alkanes of at least 4 members (excludes halogenated alkanes) is 6. The van der Waals surface area contributed by atoms with E-state index in [1.54, 1.807) is 0 Å². The van der Waals surface area contributed by atoms with Crippen molar-refractivity contribution in [2.45, 2.75) is 97.8 Å². The molecule has 0 spiro atoms. The van der Waals surface area contributed by atoms with Crippen molar-refractivity contribution >= 4 is 7.14 Å². The van der Waals surface area contributed by atoms with E-state index in [1.165, 1.54) is 77.0 Å². The van der Waals surface area contributed by atoms with Gasteiger partial charge in [-0.2, -0.15) is 0 Å². The van der Waals surface area contributed by atoms with Gasteiger partial charge in [0.15, 0.2) is 0 Å². The zero-order chi connectivity index (χ0) is 16.5. The number of hydrogen-bond donors (Lipinski definition) is 0. The normalized spacial score (nSPS) is 26.3. The van der Waals surface area contributed by atoms with E-state index in [1.807, 2.05) is 6.66 Å². The second kappa shape index (κ2) is 10.2. The minimum Gasteiger partial charge on any atom is -0.324 e. The molecule has 0 aromatic rings. The third-order valence-electron chi connectivity index (χ3n) is 6.09. The van der Waals surface area contributed by atoms with Gasteiger partial charge in [-0.3, -0.25) is 0 Å². The summed E-state index contributed by atoms with van der Waals surface area (Å²) in [4.78, 5) is 0. The van der Waals surface area contributed by atoms with Gasteiger partial charge in [-0.05, 0) is 43.7 Å². The minimum absolute atomic E-state index is 0.516. The van der Waals surface area contributed by atoms with Crippen molar-refractivity contribution in [2.75, 3.05) is 19.0 Å². The smallest absolute Gasteiger partial charge is 0.0848 e. The maximum absolute atomic E-state index is 12.3. The van der Waals surface area contributed by atoms with Gasteiger partial charge >= 0.3 is 0 Å². The van der Waals surface area contributed by atoms with Crippen LogP contribution >= 0.6 is 7.14 Å². The Bertz CT molecular complexity index is 313. The van der Waals surface area contributed by atoms with E-state index < -0.39 is 7.14 Å². The molecular formula is C20H41OP. The molecule has 1 saturated heterocycles. The summed E-state index contributed by atoms with van der Waals surface area (Å²) in [6.45, 7) is 9.18. The molecule has 1 heterocycles. The lowest BCUT2D eigenvalue weighted by molar-refractivity contribution is 0.130. The van der Waals surface area contributed by atoms with Crippen LogP contribution in [0.4, 0.5) is 0 Å². The second-order valence-corrected chi connectivity index (χ2v) is 11.8. The lowest BCUT2D eigenvalue weighted by Gasteiger charge is -2.42. The van der Waals surface area contributed by atoms with Gasteiger partial charge in [0.25, 0.3) is 0 Å². The molecule has 0 N–H and O–H groups in total. The fourth-order valence-corrected chi connectivity index (χ4v) is 6.19. The summed E-state index contributed by atoms with van der Waals surface area (Å²) in [5.41, 5.74) is 0.516. The zero-order valence-corrected chi connectivity index (χ0v) is 16.7. The van der Waals surface area contributed by atoms with Crippen LogP contribution in [0.15, 0.2) is 0 Å². The maximum Gasteiger partial charge on any atom is 0.0848 e. The quantitative estimate of drug-likeness (QED) is 0.286. The van der Waals surface area contributed by atoms with Gasteiger partial charge in [-0.1, -0.05) is 72.1 Å². The average molecular weight is 329 g/mol. The summed E-state index contributed by atoms with van der Waals surface area (Å²) >= 11 is 0. The van der Waals surface area contributed by atoms with Crippen LogP contribution in [0, 0.1) is 11.3 Å². The van der Waals surface area contributed by atoms with Gasteiger partial charge in [-0.25, -0.2) is 0 Å². The summed E-state index contributed by atoms with van der Waals surface area (Å²) in [5.74, 6) is 0.831. The molecule has 1 rings (SSSR count). The molecule has 0 aliphatic carbocycles. The second-order valence-electron chi connectivity index (χ2n) is 8.29. The molecule has 0 bridgehead atoms. The predicted molar refractivity (Wildman–Crippen MR) is 102 cm³/mol. The first-order valence-corrected chi connectivity index (χ1v) is 12.5. The fourth-order valence-electron chi connectivity index (χ4n) is 4.26. The van der Waals surface area contributed by atoms with E-state index in [0.717, 1.165) is 18.2 Å². The van der Waals surface area contributed by atoms with E-state index >= 15 is 0 Å². The SMILES string of the molecule is CCCCCCC(C)(CCCCCC)C1CCP(C)(=O)CC1. The number of hydrogen-bond acceptors (Lipinski definition) is 1. The van der Waals surface area contributed by atoms with Crippen LogP contribution in [0.3, 0.4) is 0 Å². The highest BCUT2D eigenvalue weighted by molar-refractivity contribution is 7.63. The first kappa shape index (κ1) is 20.3. The van der Waals surface area contributed by atoms with E-state index in [-0.39, 0.29) is 0 Å². The van der Waals surface area contributed by atoms with Crippen molar-refractivity contribution < 1.29 is 4.57 Å². The summed E-state index contributed by atoms with van der Waals surface area (Å²) in [6, 6.07) is 0. The Morgan fingerprint density at radius 1 is 0.864 bits per heavy atom. The Kier molecular flexibility index (Phi) is 9.37. The Morgan fingerprint density at radius 3 is 1.73 bits per heavy atom. The summed E-state index contributed by atoms with van der Waals surface area (Å²) < 4.78 is 12.3. The Balaban J connectivity index is 2.54. The Morgan fingerprint density at radius 2 is 1.32 bits per heavy atom. The van der Waals surface area contributed by atoms with Crippen LogP contribution in [0.2, 0.25) is 0 Å².